The van der Waals surface area contributed by atoms with Crippen LogP contribution in [-0.4, -0.2) is 13.9 Å². The van der Waals surface area contributed by atoms with Crippen LogP contribution in [-0.2, 0) is 17.2 Å². The number of nitrogens with two attached hydrogens (primary N) is 1. The van der Waals surface area contributed by atoms with Gasteiger partial charge in [0.1, 0.15) is 5.82 Å². The average molecular weight is 374 g/mol. The van der Waals surface area contributed by atoms with Crippen molar-refractivity contribution in [2.75, 3.05) is 0 Å². The molecule has 0 aliphatic heterocycles. The van der Waals surface area contributed by atoms with Crippen LogP contribution >= 0.6 is 0 Å². The first-order valence-electron chi connectivity index (χ1n) is 7.46. The summed E-state index contributed by atoms with van der Waals surface area (Å²) in [6.45, 7) is 3.31. The van der Waals surface area contributed by atoms with Gasteiger partial charge in [0.05, 0.1) is 27.0 Å². The van der Waals surface area contributed by atoms with Gasteiger partial charge in [0.15, 0.2) is 0 Å². The summed E-state index contributed by atoms with van der Waals surface area (Å²) in [5, 5.41) is 5.50. The fourth-order valence-corrected chi connectivity index (χ4v) is 2.84. The molecule has 1 aromatic carbocycles. The molecule has 0 fully saturated rings. The highest BCUT2D eigenvalue weighted by Gasteiger charge is 2.33. The quantitative estimate of drug-likeness (QED) is 0.799. The van der Waals surface area contributed by atoms with E-state index in [0.29, 0.717) is 5.56 Å². The molecule has 0 radical (unpaired) electrons. The molecule has 8 heteroatoms. The summed E-state index contributed by atoms with van der Waals surface area (Å²) in [6, 6.07) is 7.11. The molecule has 0 spiro atoms. The molecule has 0 saturated heterocycles. The summed E-state index contributed by atoms with van der Waals surface area (Å²) in [7, 11) is -1.70. The monoisotopic (exact) mass is 374 g/mol. The lowest BCUT2D eigenvalue weighted by Gasteiger charge is -2.27. The summed E-state index contributed by atoms with van der Waals surface area (Å²) >= 11 is 0. The van der Waals surface area contributed by atoms with E-state index in [0.717, 1.165) is 12.1 Å². The Morgan fingerprint density at radius 2 is 1.76 bits per heavy atom. The van der Waals surface area contributed by atoms with Gasteiger partial charge in [-0.3, -0.25) is 10.1 Å². The molecule has 0 aliphatic rings. The molecular weight excluding hydrogens is 356 g/mol. The molecule has 136 valence electrons. The summed E-state index contributed by atoms with van der Waals surface area (Å²) in [4.78, 5) is 4.03. The van der Waals surface area contributed by atoms with Gasteiger partial charge in [0.25, 0.3) is 0 Å². The Kier molecular flexibility index (Phi) is 5.63. The topological polar surface area (TPSA) is 56.0 Å². The second-order valence-electron chi connectivity index (χ2n) is 6.30. The zero-order valence-corrected chi connectivity index (χ0v) is 14.5. The van der Waals surface area contributed by atoms with E-state index in [1.165, 1.54) is 30.5 Å². The van der Waals surface area contributed by atoms with Crippen LogP contribution in [0.2, 0.25) is 0 Å². The SMILES string of the molecule is CC(C)(C[C@@H](c1ccc(C(F)(F)F)cc1)c1ncccc1F)S(N)=O. The van der Waals surface area contributed by atoms with E-state index in [4.69, 9.17) is 5.14 Å². The molecule has 2 aromatic rings. The van der Waals surface area contributed by atoms with Crippen molar-refractivity contribution in [3.63, 3.8) is 0 Å². The third kappa shape index (κ3) is 4.64. The predicted octanol–water partition coefficient (Wildman–Crippen LogP) is 4.16. The zero-order valence-electron chi connectivity index (χ0n) is 13.7. The van der Waals surface area contributed by atoms with Crippen molar-refractivity contribution in [2.45, 2.75) is 37.1 Å². The van der Waals surface area contributed by atoms with E-state index in [1.807, 2.05) is 0 Å². The van der Waals surface area contributed by atoms with Gasteiger partial charge in [-0.15, -0.1) is 0 Å². The Morgan fingerprint density at radius 3 is 2.24 bits per heavy atom. The number of alkyl halides is 3. The predicted molar refractivity (Wildman–Crippen MR) is 88.5 cm³/mol. The molecule has 1 unspecified atom stereocenters. The molecule has 2 atom stereocenters. The molecule has 2 N–H and O–H groups in total. The van der Waals surface area contributed by atoms with Crippen LogP contribution in [0.3, 0.4) is 0 Å². The minimum atomic E-state index is -4.46. The Balaban J connectivity index is 2.48. The van der Waals surface area contributed by atoms with Crippen LogP contribution in [0.25, 0.3) is 0 Å². The smallest absolute Gasteiger partial charge is 0.258 e. The standard InChI is InChI=1S/C17H18F4N2OS/c1-16(2,25(22)24)10-13(15-14(18)4-3-9-23-15)11-5-7-12(8-6-11)17(19,20)21/h3-9,13H,10,22H2,1-2H3/t13-,25?/m0/s1. The highest BCUT2D eigenvalue weighted by Crippen LogP contribution is 2.36. The molecule has 0 aliphatic carbocycles. The van der Waals surface area contributed by atoms with Gasteiger partial charge in [0, 0.05) is 12.1 Å². The van der Waals surface area contributed by atoms with Crippen molar-refractivity contribution >= 4 is 11.0 Å². The van der Waals surface area contributed by atoms with Gasteiger partial charge >= 0.3 is 6.18 Å². The maximum Gasteiger partial charge on any atom is 0.416 e. The number of pyridine rings is 1. The molecule has 0 saturated carbocycles. The molecule has 0 amide bonds. The number of aromatic nitrogens is 1. The Labute approximate surface area is 145 Å². The van der Waals surface area contributed by atoms with Crippen LogP contribution in [0.4, 0.5) is 17.6 Å². The van der Waals surface area contributed by atoms with Gasteiger partial charge in [-0.1, -0.05) is 12.1 Å². The minimum Gasteiger partial charge on any atom is -0.258 e. The Morgan fingerprint density at radius 1 is 1.16 bits per heavy atom. The number of nitrogens with zero attached hydrogens (tertiary/aromatic N) is 1. The van der Waals surface area contributed by atoms with Gasteiger partial charge in [-0.25, -0.2) is 8.60 Å². The molecule has 2 rings (SSSR count). The Hall–Kier alpha value is -1.80. The normalized spacial score (nSPS) is 15.0. The van der Waals surface area contributed by atoms with Crippen LogP contribution in [0.5, 0.6) is 0 Å². The molecular formula is C17H18F4N2OS. The van der Waals surface area contributed by atoms with Crippen LogP contribution in [0, 0.1) is 5.82 Å². The average Bonchev–Trinajstić information content (AvgIpc) is 2.52. The van der Waals surface area contributed by atoms with Crippen molar-refractivity contribution in [2.24, 2.45) is 5.14 Å². The van der Waals surface area contributed by atoms with E-state index in [-0.39, 0.29) is 12.1 Å². The second-order valence-corrected chi connectivity index (χ2v) is 8.00. The fourth-order valence-electron chi connectivity index (χ4n) is 2.50. The number of benzene rings is 1. The fraction of sp³-hybridized carbons (Fsp3) is 0.353. The van der Waals surface area contributed by atoms with Gasteiger partial charge in [-0.05, 0) is 50.1 Å². The lowest BCUT2D eigenvalue weighted by molar-refractivity contribution is -0.137. The summed E-state index contributed by atoms with van der Waals surface area (Å²) in [5.41, 5.74) is -0.261. The minimum absolute atomic E-state index is 0.0841. The molecule has 25 heavy (non-hydrogen) atoms. The van der Waals surface area contributed by atoms with E-state index in [1.54, 1.807) is 13.8 Å². The third-order valence-corrected chi connectivity index (χ3v) is 5.25. The lowest BCUT2D eigenvalue weighted by Crippen LogP contribution is -2.34. The number of hydrogen-bond donors (Lipinski definition) is 1. The van der Waals surface area contributed by atoms with Crippen molar-refractivity contribution in [3.8, 4) is 0 Å². The van der Waals surface area contributed by atoms with E-state index < -0.39 is 39.2 Å². The summed E-state index contributed by atoms with van der Waals surface area (Å²) < 4.78 is 63.4. The van der Waals surface area contributed by atoms with Crippen molar-refractivity contribution in [1.29, 1.82) is 0 Å². The third-order valence-electron chi connectivity index (χ3n) is 4.00. The second kappa shape index (κ2) is 7.21. The van der Waals surface area contributed by atoms with Crippen LogP contribution in [0.1, 0.15) is 43.0 Å². The van der Waals surface area contributed by atoms with E-state index >= 15 is 0 Å². The van der Waals surface area contributed by atoms with Crippen molar-refractivity contribution in [3.05, 3.63) is 65.2 Å². The first-order valence-corrected chi connectivity index (χ1v) is 8.67. The maximum atomic E-state index is 14.2. The van der Waals surface area contributed by atoms with Gasteiger partial charge in [-0.2, -0.15) is 13.2 Å². The van der Waals surface area contributed by atoms with E-state index in [2.05, 4.69) is 4.98 Å². The first kappa shape index (κ1) is 19.5. The molecule has 1 heterocycles. The van der Waals surface area contributed by atoms with Crippen molar-refractivity contribution < 1.29 is 21.8 Å². The summed E-state index contributed by atoms with van der Waals surface area (Å²) in [5.74, 6) is -1.25. The highest BCUT2D eigenvalue weighted by molar-refractivity contribution is 7.84. The largest absolute Gasteiger partial charge is 0.416 e. The lowest BCUT2D eigenvalue weighted by atomic mass is 9.86. The maximum absolute atomic E-state index is 14.2. The first-order chi connectivity index (χ1) is 11.5. The highest BCUT2D eigenvalue weighted by atomic mass is 32.2. The number of halogens is 4. The Bertz CT molecular complexity index is 760. The number of rotatable bonds is 5. The van der Waals surface area contributed by atoms with Gasteiger partial charge in [0.2, 0.25) is 0 Å². The van der Waals surface area contributed by atoms with Crippen LogP contribution in [0.15, 0.2) is 42.6 Å². The van der Waals surface area contributed by atoms with Crippen molar-refractivity contribution in [1.82, 2.24) is 4.98 Å². The molecule has 1 aromatic heterocycles. The van der Waals surface area contributed by atoms with E-state index in [9.17, 15) is 21.8 Å². The summed E-state index contributed by atoms with van der Waals surface area (Å²) in [6.07, 6.45) is -2.89. The zero-order chi connectivity index (χ0) is 18.8. The van der Waals surface area contributed by atoms with Crippen LogP contribution < -0.4 is 5.14 Å². The van der Waals surface area contributed by atoms with Gasteiger partial charge < -0.3 is 0 Å². The molecule has 0 bridgehead atoms. The number of hydrogen-bond acceptors (Lipinski definition) is 2. The molecule has 3 nitrogen and oxygen atoms in total.